The molecule has 2 aliphatic rings. The molecule has 0 spiro atoms. The van der Waals surface area contributed by atoms with Gasteiger partial charge in [-0.25, -0.2) is 9.97 Å². The van der Waals surface area contributed by atoms with Crippen LogP contribution in [0.3, 0.4) is 0 Å². The van der Waals surface area contributed by atoms with Crippen molar-refractivity contribution in [3.05, 3.63) is 70.7 Å². The van der Waals surface area contributed by atoms with E-state index in [1.165, 1.54) is 11.3 Å². The number of benzene rings is 2. The molecule has 4 heterocycles. The van der Waals surface area contributed by atoms with Gasteiger partial charge >= 0.3 is 0 Å². The van der Waals surface area contributed by atoms with Crippen molar-refractivity contribution in [3.8, 4) is 11.5 Å². The third kappa shape index (κ3) is 3.76. The maximum Gasteiger partial charge on any atom is 0.282 e. The zero-order valence-electron chi connectivity index (χ0n) is 18.5. The summed E-state index contributed by atoms with van der Waals surface area (Å²) in [4.78, 5) is 40.6. The third-order valence-corrected chi connectivity index (χ3v) is 7.31. The summed E-state index contributed by atoms with van der Waals surface area (Å²) in [5.41, 5.74) is 2.67. The molecule has 4 aromatic rings. The van der Waals surface area contributed by atoms with E-state index < -0.39 is 0 Å². The van der Waals surface area contributed by atoms with Crippen LogP contribution in [0.5, 0.6) is 0 Å². The summed E-state index contributed by atoms with van der Waals surface area (Å²) in [7, 11) is 0. The predicted octanol–water partition coefficient (Wildman–Crippen LogP) is 3.23. The van der Waals surface area contributed by atoms with Crippen LogP contribution in [0.2, 0.25) is 0 Å². The highest BCUT2D eigenvalue weighted by atomic mass is 32.1. The normalized spacial score (nSPS) is 17.2. The first-order valence-electron chi connectivity index (χ1n) is 11.3. The fourth-order valence-electron chi connectivity index (χ4n) is 4.60. The second kappa shape index (κ2) is 8.66. The highest BCUT2D eigenvalue weighted by molar-refractivity contribution is 7.11. The Morgan fingerprint density at radius 2 is 1.71 bits per heavy atom. The molecule has 2 aromatic heterocycles. The van der Waals surface area contributed by atoms with Gasteiger partial charge in [0.2, 0.25) is 5.89 Å². The van der Waals surface area contributed by atoms with Crippen LogP contribution in [0.25, 0.3) is 22.6 Å². The van der Waals surface area contributed by atoms with Crippen LogP contribution in [-0.4, -0.2) is 81.8 Å². The number of aromatic nitrogens is 2. The van der Waals surface area contributed by atoms with E-state index in [0.717, 1.165) is 18.7 Å². The average molecular weight is 474 g/mol. The Balaban J connectivity index is 1.09. The molecule has 6 rings (SSSR count). The van der Waals surface area contributed by atoms with Gasteiger partial charge in [-0.1, -0.05) is 24.3 Å². The highest BCUT2D eigenvalue weighted by Gasteiger charge is 2.37. The molecule has 0 N–H and O–H groups in total. The number of rotatable bonds is 4. The van der Waals surface area contributed by atoms with Crippen molar-refractivity contribution in [2.75, 3.05) is 39.3 Å². The average Bonchev–Trinajstić information content (AvgIpc) is 3.54. The number of hydrogen-bond donors (Lipinski definition) is 0. The lowest BCUT2D eigenvalue weighted by molar-refractivity contribution is 0.00862. The predicted molar refractivity (Wildman–Crippen MR) is 129 cm³/mol. The molecule has 9 heteroatoms. The molecular weight excluding hydrogens is 450 g/mol. The fourth-order valence-corrected chi connectivity index (χ4v) is 5.20. The number of para-hydroxylation sites is 1. The zero-order valence-corrected chi connectivity index (χ0v) is 19.3. The van der Waals surface area contributed by atoms with Gasteiger partial charge in [-0.15, -0.1) is 11.3 Å². The molecule has 0 saturated carbocycles. The summed E-state index contributed by atoms with van der Waals surface area (Å²) >= 11 is 1.38. The Morgan fingerprint density at radius 3 is 2.44 bits per heavy atom. The number of amides is 2. The summed E-state index contributed by atoms with van der Waals surface area (Å²) in [5.74, 6) is 0.505. The number of carbonyl (C=O) groups excluding carboxylic acids is 2. The van der Waals surface area contributed by atoms with Gasteiger partial charge in [-0.2, -0.15) is 0 Å². The van der Waals surface area contributed by atoms with Crippen molar-refractivity contribution < 1.29 is 14.0 Å². The summed E-state index contributed by atoms with van der Waals surface area (Å²) in [6, 6.07) is 15.5. The summed E-state index contributed by atoms with van der Waals surface area (Å²) < 4.78 is 5.92. The van der Waals surface area contributed by atoms with Crippen molar-refractivity contribution >= 4 is 34.3 Å². The lowest BCUT2D eigenvalue weighted by Crippen LogP contribution is -2.64. The maximum absolute atomic E-state index is 13.3. The van der Waals surface area contributed by atoms with Gasteiger partial charge in [0.15, 0.2) is 10.6 Å². The number of oxazole rings is 1. The topological polar surface area (TPSA) is 82.8 Å². The smallest absolute Gasteiger partial charge is 0.282 e. The minimum Gasteiger partial charge on any atom is -0.436 e. The van der Waals surface area contributed by atoms with Gasteiger partial charge in [-0.3, -0.25) is 14.5 Å². The number of hydrogen-bond acceptors (Lipinski definition) is 7. The standard InChI is InChI=1S/C25H23N5O3S/c31-24(19-7-4-8-20-21(19)27-22(33-20)17-5-2-1-3-6-17)30-15-18(16-30)28-10-12-29(13-11-28)25(32)23-26-9-14-34-23/h1-9,14,18H,10-13,15-16H2. The van der Waals surface area contributed by atoms with Crippen LogP contribution < -0.4 is 0 Å². The molecule has 0 bridgehead atoms. The van der Waals surface area contributed by atoms with Crippen molar-refractivity contribution in [3.63, 3.8) is 0 Å². The van der Waals surface area contributed by atoms with E-state index in [0.29, 0.717) is 59.8 Å². The number of carbonyl (C=O) groups is 2. The van der Waals surface area contributed by atoms with Gasteiger partial charge in [0.25, 0.3) is 11.8 Å². The second-order valence-electron chi connectivity index (χ2n) is 8.57. The first-order chi connectivity index (χ1) is 16.7. The number of fused-ring (bicyclic) bond motifs is 1. The van der Waals surface area contributed by atoms with E-state index in [1.54, 1.807) is 6.20 Å². The number of nitrogens with zero attached hydrogens (tertiary/aromatic N) is 5. The van der Waals surface area contributed by atoms with E-state index >= 15 is 0 Å². The summed E-state index contributed by atoms with van der Waals surface area (Å²) in [6.45, 7) is 4.34. The molecule has 0 radical (unpaired) electrons. The van der Waals surface area contributed by atoms with Gasteiger partial charge in [-0.05, 0) is 24.3 Å². The Bertz CT molecular complexity index is 1320. The molecule has 0 atom stereocenters. The van der Waals surface area contributed by atoms with Crippen molar-refractivity contribution in [2.45, 2.75) is 6.04 Å². The number of thiazole rings is 1. The molecule has 0 unspecified atom stereocenters. The summed E-state index contributed by atoms with van der Waals surface area (Å²) in [5, 5.41) is 2.37. The van der Waals surface area contributed by atoms with Gasteiger partial charge in [0.05, 0.1) is 5.56 Å². The molecule has 2 fully saturated rings. The van der Waals surface area contributed by atoms with E-state index in [1.807, 2.05) is 63.7 Å². The van der Waals surface area contributed by atoms with Crippen molar-refractivity contribution in [2.24, 2.45) is 0 Å². The van der Waals surface area contributed by atoms with Crippen LogP contribution in [-0.2, 0) is 0 Å². The third-order valence-electron chi connectivity index (χ3n) is 6.55. The maximum atomic E-state index is 13.3. The molecule has 2 saturated heterocycles. The molecular formula is C25H23N5O3S. The molecule has 172 valence electrons. The van der Waals surface area contributed by atoms with Crippen LogP contribution in [0, 0.1) is 0 Å². The monoisotopic (exact) mass is 473 g/mol. The Labute approximate surface area is 200 Å². The van der Waals surface area contributed by atoms with E-state index in [4.69, 9.17) is 4.42 Å². The molecule has 2 aliphatic heterocycles. The van der Waals surface area contributed by atoms with Gasteiger partial charge < -0.3 is 14.2 Å². The molecule has 2 aromatic carbocycles. The summed E-state index contributed by atoms with van der Waals surface area (Å²) in [6.07, 6.45) is 1.66. The molecule has 0 aliphatic carbocycles. The Kier molecular flexibility index (Phi) is 5.35. The van der Waals surface area contributed by atoms with Gasteiger partial charge in [0.1, 0.15) is 5.52 Å². The highest BCUT2D eigenvalue weighted by Crippen LogP contribution is 2.28. The second-order valence-corrected chi connectivity index (χ2v) is 9.46. The molecule has 2 amide bonds. The van der Waals surface area contributed by atoms with Crippen LogP contribution in [0.15, 0.2) is 64.5 Å². The first-order valence-corrected chi connectivity index (χ1v) is 12.2. The Hall–Kier alpha value is -3.56. The Morgan fingerprint density at radius 1 is 0.912 bits per heavy atom. The molecule has 34 heavy (non-hydrogen) atoms. The van der Waals surface area contributed by atoms with E-state index in [-0.39, 0.29) is 11.8 Å². The van der Waals surface area contributed by atoms with Crippen molar-refractivity contribution in [1.29, 1.82) is 0 Å². The van der Waals surface area contributed by atoms with Crippen LogP contribution >= 0.6 is 11.3 Å². The minimum absolute atomic E-state index is 0.00985. The van der Waals surface area contributed by atoms with Crippen molar-refractivity contribution in [1.82, 2.24) is 24.7 Å². The van der Waals surface area contributed by atoms with Crippen LogP contribution in [0.4, 0.5) is 0 Å². The van der Waals surface area contributed by atoms with E-state index in [2.05, 4.69) is 14.9 Å². The molecule has 8 nitrogen and oxygen atoms in total. The number of piperazine rings is 1. The minimum atomic E-state index is -0.0210. The lowest BCUT2D eigenvalue weighted by atomic mass is 10.0. The van der Waals surface area contributed by atoms with E-state index in [9.17, 15) is 9.59 Å². The number of likely N-dealkylation sites (tertiary alicyclic amines) is 1. The van der Waals surface area contributed by atoms with Crippen LogP contribution in [0.1, 0.15) is 20.2 Å². The zero-order chi connectivity index (χ0) is 23.1. The SMILES string of the molecule is O=C(c1nccs1)N1CCN(C2CN(C(=O)c3cccc4oc(-c5ccccc5)nc34)C2)CC1. The van der Waals surface area contributed by atoms with Gasteiger partial charge in [0, 0.05) is 62.5 Å². The lowest BCUT2D eigenvalue weighted by Gasteiger charge is -2.48. The quantitative estimate of drug-likeness (QED) is 0.453. The first kappa shape index (κ1) is 21.0. The fraction of sp³-hybridized carbons (Fsp3) is 0.280. The largest absolute Gasteiger partial charge is 0.436 e.